The van der Waals surface area contributed by atoms with Gasteiger partial charge in [0.1, 0.15) is 5.82 Å². The number of hydrogen-bond donors (Lipinski definition) is 2. The van der Waals surface area contributed by atoms with E-state index in [-0.39, 0.29) is 5.41 Å². The van der Waals surface area contributed by atoms with Crippen molar-refractivity contribution >= 4 is 11.8 Å². The summed E-state index contributed by atoms with van der Waals surface area (Å²) in [6.07, 6.45) is 3.58. The van der Waals surface area contributed by atoms with Gasteiger partial charge < -0.3 is 10.4 Å². The number of pyridine rings is 1. The van der Waals surface area contributed by atoms with Crippen molar-refractivity contribution in [3.05, 3.63) is 23.4 Å². The summed E-state index contributed by atoms with van der Waals surface area (Å²) in [5.74, 6) is 0.508. The maximum atomic E-state index is 11.2. The van der Waals surface area contributed by atoms with Crippen LogP contribution >= 0.6 is 0 Å². The smallest absolute Gasteiger partial charge is 0.335 e. The van der Waals surface area contributed by atoms with Crippen molar-refractivity contribution in [3.63, 3.8) is 0 Å². The summed E-state index contributed by atoms with van der Waals surface area (Å²) in [5, 5.41) is 12.6. The van der Waals surface area contributed by atoms with Crippen molar-refractivity contribution in [2.75, 3.05) is 5.32 Å². The highest BCUT2D eigenvalue weighted by Gasteiger charge is 2.36. The number of anilines is 1. The van der Waals surface area contributed by atoms with Gasteiger partial charge in [0.25, 0.3) is 0 Å². The van der Waals surface area contributed by atoms with E-state index in [0.717, 1.165) is 12.1 Å². The van der Waals surface area contributed by atoms with Gasteiger partial charge >= 0.3 is 5.97 Å². The molecule has 0 bridgehead atoms. The summed E-state index contributed by atoms with van der Waals surface area (Å²) in [7, 11) is 0. The second-order valence-electron chi connectivity index (χ2n) is 6.72. The summed E-state index contributed by atoms with van der Waals surface area (Å²) < 4.78 is 0. The van der Waals surface area contributed by atoms with E-state index in [4.69, 9.17) is 0 Å². The summed E-state index contributed by atoms with van der Waals surface area (Å²) in [5.41, 5.74) is 0.960. The lowest BCUT2D eigenvalue weighted by Crippen LogP contribution is -2.17. The molecule has 1 heterocycles. The van der Waals surface area contributed by atoms with Gasteiger partial charge in [0.2, 0.25) is 0 Å². The molecule has 2 rings (SSSR count). The van der Waals surface area contributed by atoms with Crippen molar-refractivity contribution in [2.45, 2.75) is 58.4 Å². The third kappa shape index (κ3) is 3.50. The van der Waals surface area contributed by atoms with Crippen LogP contribution in [0.2, 0.25) is 0 Å². The molecule has 2 atom stereocenters. The molecule has 1 aromatic rings. The summed E-state index contributed by atoms with van der Waals surface area (Å²) >= 11 is 0. The van der Waals surface area contributed by atoms with E-state index in [2.05, 4.69) is 17.2 Å². The predicted octanol–water partition coefficient (Wildman–Crippen LogP) is 3.68. The minimum Gasteiger partial charge on any atom is -0.478 e. The molecule has 1 aliphatic rings. The van der Waals surface area contributed by atoms with Gasteiger partial charge in [-0.15, -0.1) is 0 Å². The van der Waals surface area contributed by atoms with E-state index in [1.54, 1.807) is 12.1 Å². The minimum absolute atomic E-state index is 0.158. The molecule has 1 fully saturated rings. The van der Waals surface area contributed by atoms with Gasteiger partial charge in [-0.1, -0.05) is 34.1 Å². The number of nitrogens with one attached hydrogen (secondary N) is 1. The van der Waals surface area contributed by atoms with Gasteiger partial charge in [0, 0.05) is 17.2 Å². The normalized spacial score (nSPS) is 21.6. The lowest BCUT2D eigenvalue weighted by atomic mass is 9.91. The number of nitrogens with zero attached hydrogens (tertiary/aromatic N) is 1. The Labute approximate surface area is 120 Å². The maximum absolute atomic E-state index is 11.2. The first kappa shape index (κ1) is 14.8. The molecule has 2 unspecified atom stereocenters. The highest BCUT2D eigenvalue weighted by molar-refractivity contribution is 5.88. The van der Waals surface area contributed by atoms with Gasteiger partial charge in [0.05, 0.1) is 5.56 Å². The van der Waals surface area contributed by atoms with Crippen LogP contribution in [0.5, 0.6) is 0 Å². The lowest BCUT2D eigenvalue weighted by Gasteiger charge is -2.19. The quantitative estimate of drug-likeness (QED) is 0.861. The third-order valence-electron chi connectivity index (χ3n) is 3.76. The number of carboxylic acid groups (broad SMARTS) is 1. The van der Waals surface area contributed by atoms with Crippen LogP contribution in [-0.2, 0) is 5.41 Å². The Morgan fingerprint density at radius 3 is 2.70 bits per heavy atom. The van der Waals surface area contributed by atoms with Gasteiger partial charge in [-0.3, -0.25) is 0 Å². The zero-order valence-corrected chi connectivity index (χ0v) is 12.7. The summed E-state index contributed by atoms with van der Waals surface area (Å²) in [6, 6.07) is 3.77. The second kappa shape index (κ2) is 5.43. The topological polar surface area (TPSA) is 62.2 Å². The van der Waals surface area contributed by atoms with Crippen molar-refractivity contribution < 1.29 is 9.90 Å². The van der Waals surface area contributed by atoms with Crippen LogP contribution in [0.15, 0.2) is 12.1 Å². The molecule has 0 aliphatic heterocycles. The molecule has 110 valence electrons. The molecule has 1 saturated carbocycles. The Hall–Kier alpha value is -1.58. The highest BCUT2D eigenvalue weighted by atomic mass is 16.4. The Morgan fingerprint density at radius 1 is 1.45 bits per heavy atom. The molecule has 1 aliphatic carbocycles. The Balaban J connectivity index is 2.20. The molecule has 0 amide bonds. The average Bonchev–Trinajstić information content (AvgIpc) is 3.06. The molecule has 20 heavy (non-hydrogen) atoms. The molecule has 0 aromatic carbocycles. The standard InChI is InChI=1S/C16H24N2O2/c1-5-6-10-7-12(10)17-14-9-11(15(19)20)8-13(18-14)16(2,3)4/h8-10,12H,5-7H2,1-4H3,(H,17,18)(H,19,20). The first-order chi connectivity index (χ1) is 9.31. The van der Waals surface area contributed by atoms with Crippen molar-refractivity contribution in [1.82, 2.24) is 4.98 Å². The van der Waals surface area contributed by atoms with Crippen LogP contribution in [-0.4, -0.2) is 22.1 Å². The van der Waals surface area contributed by atoms with Gasteiger partial charge in [-0.05, 0) is 30.9 Å². The van der Waals surface area contributed by atoms with Crippen molar-refractivity contribution in [3.8, 4) is 0 Å². The van der Waals surface area contributed by atoms with Crippen molar-refractivity contribution in [1.29, 1.82) is 0 Å². The van der Waals surface area contributed by atoms with E-state index in [0.29, 0.717) is 23.3 Å². The van der Waals surface area contributed by atoms with E-state index >= 15 is 0 Å². The van der Waals surface area contributed by atoms with E-state index in [9.17, 15) is 9.90 Å². The predicted molar refractivity (Wildman–Crippen MR) is 80.3 cm³/mol. The van der Waals surface area contributed by atoms with E-state index in [1.165, 1.54) is 12.8 Å². The molecule has 1 aromatic heterocycles. The van der Waals surface area contributed by atoms with Gasteiger partial charge in [0.15, 0.2) is 0 Å². The summed E-state index contributed by atoms with van der Waals surface area (Å²) in [6.45, 7) is 8.32. The Morgan fingerprint density at radius 2 is 2.15 bits per heavy atom. The monoisotopic (exact) mass is 276 g/mol. The van der Waals surface area contributed by atoms with Crippen molar-refractivity contribution in [2.24, 2.45) is 5.92 Å². The number of hydrogen-bond acceptors (Lipinski definition) is 3. The zero-order chi connectivity index (χ0) is 14.9. The van der Waals surface area contributed by atoms with Crippen LogP contribution < -0.4 is 5.32 Å². The van der Waals surface area contributed by atoms with Crippen LogP contribution in [0.25, 0.3) is 0 Å². The van der Waals surface area contributed by atoms with Gasteiger partial charge in [-0.2, -0.15) is 0 Å². The fraction of sp³-hybridized carbons (Fsp3) is 0.625. The van der Waals surface area contributed by atoms with Gasteiger partial charge in [-0.25, -0.2) is 9.78 Å². The van der Waals surface area contributed by atoms with Crippen LogP contribution in [0.1, 0.15) is 63.0 Å². The van der Waals surface area contributed by atoms with Crippen LogP contribution in [0, 0.1) is 5.92 Å². The van der Waals surface area contributed by atoms with E-state index < -0.39 is 5.97 Å². The molecule has 0 radical (unpaired) electrons. The average molecular weight is 276 g/mol. The maximum Gasteiger partial charge on any atom is 0.335 e. The molecule has 4 nitrogen and oxygen atoms in total. The largest absolute Gasteiger partial charge is 0.478 e. The number of aromatic carboxylic acids is 1. The molecular weight excluding hydrogens is 252 g/mol. The zero-order valence-electron chi connectivity index (χ0n) is 12.7. The second-order valence-corrected chi connectivity index (χ2v) is 6.72. The molecule has 2 N–H and O–H groups in total. The molecular formula is C16H24N2O2. The fourth-order valence-corrected chi connectivity index (χ4v) is 2.42. The molecule has 0 saturated heterocycles. The number of carbonyl (C=O) groups is 1. The SMILES string of the molecule is CCCC1CC1Nc1cc(C(=O)O)cc(C(C)(C)C)n1. The fourth-order valence-electron chi connectivity index (χ4n) is 2.42. The first-order valence-electron chi connectivity index (χ1n) is 7.33. The van der Waals surface area contributed by atoms with Crippen LogP contribution in [0.4, 0.5) is 5.82 Å². The Kier molecular flexibility index (Phi) is 4.02. The number of rotatable bonds is 5. The molecule has 4 heteroatoms. The highest BCUT2D eigenvalue weighted by Crippen LogP contribution is 2.37. The number of carboxylic acids is 1. The van der Waals surface area contributed by atoms with E-state index in [1.807, 2.05) is 20.8 Å². The number of aromatic nitrogens is 1. The minimum atomic E-state index is -0.901. The first-order valence-corrected chi connectivity index (χ1v) is 7.33. The van der Waals surface area contributed by atoms with Crippen LogP contribution in [0.3, 0.4) is 0 Å². The lowest BCUT2D eigenvalue weighted by molar-refractivity contribution is 0.0696. The molecule has 0 spiro atoms. The Bertz CT molecular complexity index is 506. The summed E-state index contributed by atoms with van der Waals surface area (Å²) in [4.78, 5) is 15.8. The third-order valence-corrected chi connectivity index (χ3v) is 3.76.